The largest absolute Gasteiger partial charge is 0.497 e. The van der Waals surface area contributed by atoms with E-state index in [1.807, 2.05) is 17.0 Å². The first-order chi connectivity index (χ1) is 10.2. The Labute approximate surface area is 123 Å². The number of methoxy groups -OCH3 is 1. The van der Waals surface area contributed by atoms with Gasteiger partial charge in [0.1, 0.15) is 11.5 Å². The molecule has 3 rings (SSSR count). The summed E-state index contributed by atoms with van der Waals surface area (Å²) in [6.07, 6.45) is 3.68. The van der Waals surface area contributed by atoms with E-state index in [-0.39, 0.29) is 11.9 Å². The van der Waals surface area contributed by atoms with Gasteiger partial charge >= 0.3 is 0 Å². The minimum absolute atomic E-state index is 0.0611. The van der Waals surface area contributed by atoms with Gasteiger partial charge < -0.3 is 19.8 Å². The number of carbonyl (C=O) groups excluding carboxylic acids is 1. The average Bonchev–Trinajstić information content (AvgIpc) is 3.20. The van der Waals surface area contributed by atoms with Gasteiger partial charge in [-0.1, -0.05) is 0 Å². The van der Waals surface area contributed by atoms with Crippen LogP contribution in [0.5, 0.6) is 5.75 Å². The Kier molecular flexibility index (Phi) is 3.56. The van der Waals surface area contributed by atoms with E-state index in [9.17, 15) is 4.79 Å². The van der Waals surface area contributed by atoms with Gasteiger partial charge in [-0.3, -0.25) is 4.79 Å². The van der Waals surface area contributed by atoms with Crippen LogP contribution in [0.2, 0.25) is 0 Å². The molecule has 2 N–H and O–H groups in total. The van der Waals surface area contributed by atoms with Crippen LogP contribution in [0.1, 0.15) is 29.0 Å². The first kappa shape index (κ1) is 13.5. The molecule has 1 aromatic heterocycles. The van der Waals surface area contributed by atoms with Crippen molar-refractivity contribution in [2.45, 2.75) is 25.4 Å². The maximum atomic E-state index is 12.7. The van der Waals surface area contributed by atoms with Crippen molar-refractivity contribution in [1.29, 1.82) is 0 Å². The van der Waals surface area contributed by atoms with Crippen LogP contribution in [0.15, 0.2) is 41.0 Å². The third kappa shape index (κ3) is 2.86. The molecule has 2 aromatic rings. The van der Waals surface area contributed by atoms with Gasteiger partial charge in [0.25, 0.3) is 5.91 Å². The van der Waals surface area contributed by atoms with E-state index in [0.29, 0.717) is 23.5 Å². The van der Waals surface area contributed by atoms with Crippen molar-refractivity contribution >= 4 is 11.6 Å². The zero-order valence-electron chi connectivity index (χ0n) is 11.9. The number of hydrogen-bond acceptors (Lipinski definition) is 4. The Bertz CT molecular complexity index is 633. The Morgan fingerprint density at radius 3 is 2.81 bits per heavy atom. The number of nitrogens with two attached hydrogens (primary N) is 1. The van der Waals surface area contributed by atoms with Crippen LogP contribution in [0, 0.1) is 0 Å². The number of nitrogens with zero attached hydrogens (tertiary/aromatic N) is 1. The normalized spacial score (nSPS) is 14.0. The standard InChI is InChI=1S/C16H18N2O3/c1-20-12-6-7-14(15(17)9-12)16(19)18(11-4-5-11)10-13-3-2-8-21-13/h2-3,6-9,11H,4-5,10,17H2,1H3. The third-order valence-electron chi connectivity index (χ3n) is 3.64. The van der Waals surface area contributed by atoms with Crippen molar-refractivity contribution in [3.63, 3.8) is 0 Å². The molecule has 5 heteroatoms. The molecular weight excluding hydrogens is 268 g/mol. The van der Waals surface area contributed by atoms with E-state index in [2.05, 4.69) is 0 Å². The number of benzene rings is 1. The van der Waals surface area contributed by atoms with E-state index in [0.717, 1.165) is 18.6 Å². The van der Waals surface area contributed by atoms with Gasteiger partial charge in [-0.25, -0.2) is 0 Å². The second-order valence-corrected chi connectivity index (χ2v) is 5.20. The highest BCUT2D eigenvalue weighted by molar-refractivity contribution is 5.99. The predicted molar refractivity (Wildman–Crippen MR) is 79.0 cm³/mol. The van der Waals surface area contributed by atoms with Crippen LogP contribution >= 0.6 is 0 Å². The Hall–Kier alpha value is -2.43. The topological polar surface area (TPSA) is 68.7 Å². The second-order valence-electron chi connectivity index (χ2n) is 5.20. The minimum Gasteiger partial charge on any atom is -0.497 e. The lowest BCUT2D eigenvalue weighted by Crippen LogP contribution is -2.33. The number of amides is 1. The summed E-state index contributed by atoms with van der Waals surface area (Å²) in [4.78, 5) is 14.6. The minimum atomic E-state index is -0.0611. The fraction of sp³-hybridized carbons (Fsp3) is 0.312. The molecule has 1 heterocycles. The highest BCUT2D eigenvalue weighted by Gasteiger charge is 2.34. The van der Waals surface area contributed by atoms with Crippen LogP contribution in [-0.2, 0) is 6.54 Å². The molecule has 0 spiro atoms. The second kappa shape index (κ2) is 5.52. The van der Waals surface area contributed by atoms with Gasteiger partial charge in [-0.15, -0.1) is 0 Å². The number of anilines is 1. The van der Waals surface area contributed by atoms with Crippen molar-refractivity contribution < 1.29 is 13.9 Å². The first-order valence-corrected chi connectivity index (χ1v) is 6.96. The van der Waals surface area contributed by atoms with Crippen LogP contribution in [0.25, 0.3) is 0 Å². The third-order valence-corrected chi connectivity index (χ3v) is 3.64. The van der Waals surface area contributed by atoms with Gasteiger partial charge in [0.05, 0.1) is 25.5 Å². The molecular formula is C16H18N2O3. The maximum absolute atomic E-state index is 12.7. The maximum Gasteiger partial charge on any atom is 0.256 e. The molecule has 1 saturated carbocycles. The molecule has 1 aromatic carbocycles. The van der Waals surface area contributed by atoms with E-state index < -0.39 is 0 Å². The molecule has 1 aliphatic rings. The zero-order valence-corrected chi connectivity index (χ0v) is 11.9. The molecule has 0 radical (unpaired) electrons. The van der Waals surface area contributed by atoms with Gasteiger partial charge in [-0.2, -0.15) is 0 Å². The molecule has 5 nitrogen and oxygen atoms in total. The molecule has 1 aliphatic carbocycles. The quantitative estimate of drug-likeness (QED) is 0.858. The summed E-state index contributed by atoms with van der Waals surface area (Å²) in [5, 5.41) is 0. The van der Waals surface area contributed by atoms with Crippen molar-refractivity contribution in [2.24, 2.45) is 0 Å². The van der Waals surface area contributed by atoms with Crippen molar-refractivity contribution in [1.82, 2.24) is 4.90 Å². The lowest BCUT2D eigenvalue weighted by molar-refractivity contribution is 0.0718. The van der Waals surface area contributed by atoms with Gasteiger partial charge in [0.2, 0.25) is 0 Å². The van der Waals surface area contributed by atoms with Crippen LogP contribution < -0.4 is 10.5 Å². The van der Waals surface area contributed by atoms with Gasteiger partial charge in [0.15, 0.2) is 0 Å². The van der Waals surface area contributed by atoms with Crippen LogP contribution in [0.3, 0.4) is 0 Å². The number of rotatable bonds is 5. The fourth-order valence-electron chi connectivity index (χ4n) is 2.34. The molecule has 0 aliphatic heterocycles. The average molecular weight is 286 g/mol. The Morgan fingerprint density at radius 2 is 2.24 bits per heavy atom. The number of hydrogen-bond donors (Lipinski definition) is 1. The summed E-state index contributed by atoms with van der Waals surface area (Å²) in [5.74, 6) is 1.37. The summed E-state index contributed by atoms with van der Waals surface area (Å²) in [7, 11) is 1.57. The molecule has 0 bridgehead atoms. The van der Waals surface area contributed by atoms with Crippen molar-refractivity contribution in [2.75, 3.05) is 12.8 Å². The summed E-state index contributed by atoms with van der Waals surface area (Å²) < 4.78 is 10.5. The number of nitrogen functional groups attached to an aromatic ring is 1. The summed E-state index contributed by atoms with van der Waals surface area (Å²) in [5.41, 5.74) is 6.92. The van der Waals surface area contributed by atoms with E-state index in [1.165, 1.54) is 0 Å². The molecule has 0 atom stereocenters. The Balaban J connectivity index is 1.84. The molecule has 1 amide bonds. The smallest absolute Gasteiger partial charge is 0.256 e. The first-order valence-electron chi connectivity index (χ1n) is 6.96. The lowest BCUT2D eigenvalue weighted by Gasteiger charge is -2.22. The molecule has 1 fully saturated rings. The van der Waals surface area contributed by atoms with Crippen LogP contribution in [-0.4, -0.2) is 24.0 Å². The predicted octanol–water partition coefficient (Wildman–Crippen LogP) is 2.68. The molecule has 0 saturated heterocycles. The number of ether oxygens (including phenoxy) is 1. The highest BCUT2D eigenvalue weighted by atomic mass is 16.5. The van der Waals surface area contributed by atoms with Crippen LogP contribution in [0.4, 0.5) is 5.69 Å². The number of furan rings is 1. The van der Waals surface area contributed by atoms with Crippen molar-refractivity contribution in [3.05, 3.63) is 47.9 Å². The van der Waals surface area contributed by atoms with Gasteiger partial charge in [-0.05, 0) is 37.1 Å². The number of carbonyl (C=O) groups is 1. The SMILES string of the molecule is COc1ccc(C(=O)N(Cc2ccco2)C2CC2)c(N)c1. The monoisotopic (exact) mass is 286 g/mol. The lowest BCUT2D eigenvalue weighted by atomic mass is 10.1. The summed E-state index contributed by atoms with van der Waals surface area (Å²) in [6, 6.07) is 9.12. The fourth-order valence-corrected chi connectivity index (χ4v) is 2.34. The summed E-state index contributed by atoms with van der Waals surface area (Å²) in [6.45, 7) is 0.474. The molecule has 110 valence electrons. The Morgan fingerprint density at radius 1 is 1.43 bits per heavy atom. The van der Waals surface area contributed by atoms with Crippen molar-refractivity contribution in [3.8, 4) is 5.75 Å². The van der Waals surface area contributed by atoms with Gasteiger partial charge in [0, 0.05) is 17.8 Å². The zero-order chi connectivity index (χ0) is 14.8. The molecule has 0 unspecified atom stereocenters. The molecule has 21 heavy (non-hydrogen) atoms. The van der Waals surface area contributed by atoms with E-state index in [4.69, 9.17) is 14.9 Å². The summed E-state index contributed by atoms with van der Waals surface area (Å²) >= 11 is 0. The highest BCUT2D eigenvalue weighted by Crippen LogP contribution is 2.31. The van der Waals surface area contributed by atoms with E-state index >= 15 is 0 Å². The van der Waals surface area contributed by atoms with E-state index in [1.54, 1.807) is 31.6 Å².